The second kappa shape index (κ2) is 10.8. The molecule has 0 atom stereocenters. The minimum atomic E-state index is -0.124. The van der Waals surface area contributed by atoms with Crippen molar-refractivity contribution in [3.05, 3.63) is 48.3 Å². The number of ether oxygens (including phenoxy) is 2. The second-order valence-corrected chi connectivity index (χ2v) is 5.93. The predicted octanol–water partition coefficient (Wildman–Crippen LogP) is 2.57. The number of carbonyl (C=O) groups is 2. The molecule has 144 valence electrons. The standard InChI is InChI=1S/C20H25N3O4/c1-26-17-9-8-15(13-18(17)27-2)10-12-22-19(24)6-3-7-20(25)23-16-5-4-11-21-14-16/h4-5,8-9,11,13-14H,3,6-7,10,12H2,1-2H3,(H,22,24)(H,23,25). The zero-order valence-corrected chi connectivity index (χ0v) is 15.7. The van der Waals surface area contributed by atoms with Gasteiger partial charge in [-0.3, -0.25) is 14.6 Å². The van der Waals surface area contributed by atoms with Crippen LogP contribution in [0.4, 0.5) is 5.69 Å². The number of hydrogen-bond acceptors (Lipinski definition) is 5. The lowest BCUT2D eigenvalue weighted by molar-refractivity contribution is -0.121. The van der Waals surface area contributed by atoms with Gasteiger partial charge in [-0.15, -0.1) is 0 Å². The third-order valence-electron chi connectivity index (χ3n) is 3.94. The van der Waals surface area contributed by atoms with Gasteiger partial charge in [0.15, 0.2) is 11.5 Å². The first kappa shape index (κ1) is 20.2. The number of hydrogen-bond donors (Lipinski definition) is 2. The second-order valence-electron chi connectivity index (χ2n) is 5.93. The number of benzene rings is 1. The van der Waals surface area contributed by atoms with E-state index in [-0.39, 0.29) is 18.2 Å². The van der Waals surface area contributed by atoms with Crippen molar-refractivity contribution < 1.29 is 19.1 Å². The third-order valence-corrected chi connectivity index (χ3v) is 3.94. The van der Waals surface area contributed by atoms with E-state index in [0.29, 0.717) is 43.0 Å². The van der Waals surface area contributed by atoms with Gasteiger partial charge < -0.3 is 20.1 Å². The molecule has 0 aliphatic heterocycles. The van der Waals surface area contributed by atoms with Gasteiger partial charge >= 0.3 is 0 Å². The first-order chi connectivity index (χ1) is 13.1. The summed E-state index contributed by atoms with van der Waals surface area (Å²) in [7, 11) is 3.18. The molecule has 0 bridgehead atoms. The summed E-state index contributed by atoms with van der Waals surface area (Å²) in [6.07, 6.45) is 5.01. The Morgan fingerprint density at radius 2 is 1.81 bits per heavy atom. The highest BCUT2D eigenvalue weighted by Gasteiger charge is 2.07. The fourth-order valence-electron chi connectivity index (χ4n) is 2.54. The van der Waals surface area contributed by atoms with Crippen LogP contribution in [-0.4, -0.2) is 37.6 Å². The van der Waals surface area contributed by atoms with Crippen LogP contribution in [0.1, 0.15) is 24.8 Å². The minimum absolute atomic E-state index is 0.0651. The quantitative estimate of drug-likeness (QED) is 0.670. The van der Waals surface area contributed by atoms with Crippen molar-refractivity contribution >= 4 is 17.5 Å². The van der Waals surface area contributed by atoms with E-state index in [1.54, 1.807) is 38.7 Å². The number of amides is 2. The Morgan fingerprint density at radius 1 is 1.04 bits per heavy atom. The molecule has 0 radical (unpaired) electrons. The van der Waals surface area contributed by atoms with Gasteiger partial charge in [-0.05, 0) is 42.7 Å². The third kappa shape index (κ3) is 6.97. The van der Waals surface area contributed by atoms with Crippen LogP contribution in [0.25, 0.3) is 0 Å². The van der Waals surface area contributed by atoms with E-state index in [1.165, 1.54) is 0 Å². The van der Waals surface area contributed by atoms with Gasteiger partial charge in [-0.2, -0.15) is 0 Å². The molecule has 7 nitrogen and oxygen atoms in total. The normalized spacial score (nSPS) is 10.1. The number of pyridine rings is 1. The van der Waals surface area contributed by atoms with Crippen LogP contribution in [-0.2, 0) is 16.0 Å². The van der Waals surface area contributed by atoms with E-state index in [0.717, 1.165) is 5.56 Å². The van der Waals surface area contributed by atoms with Crippen molar-refractivity contribution in [3.63, 3.8) is 0 Å². The van der Waals surface area contributed by atoms with Gasteiger partial charge in [0.2, 0.25) is 11.8 Å². The summed E-state index contributed by atoms with van der Waals surface area (Å²) in [6, 6.07) is 9.20. The molecular formula is C20H25N3O4. The Labute approximate surface area is 159 Å². The topological polar surface area (TPSA) is 89.5 Å². The Balaban J connectivity index is 1.64. The molecular weight excluding hydrogens is 346 g/mol. The maximum atomic E-state index is 11.9. The van der Waals surface area contributed by atoms with E-state index in [1.807, 2.05) is 18.2 Å². The first-order valence-electron chi connectivity index (χ1n) is 8.80. The van der Waals surface area contributed by atoms with Gasteiger partial charge in [0.1, 0.15) is 0 Å². The number of nitrogens with zero attached hydrogens (tertiary/aromatic N) is 1. The lowest BCUT2D eigenvalue weighted by atomic mass is 10.1. The fraction of sp³-hybridized carbons (Fsp3) is 0.350. The predicted molar refractivity (Wildman–Crippen MR) is 103 cm³/mol. The van der Waals surface area contributed by atoms with Gasteiger partial charge in [0, 0.05) is 25.6 Å². The van der Waals surface area contributed by atoms with Crippen LogP contribution in [0.3, 0.4) is 0 Å². The largest absolute Gasteiger partial charge is 0.493 e. The average molecular weight is 371 g/mol. The van der Waals surface area contributed by atoms with Crippen molar-refractivity contribution in [1.29, 1.82) is 0 Å². The van der Waals surface area contributed by atoms with Crippen LogP contribution in [0.5, 0.6) is 11.5 Å². The molecule has 27 heavy (non-hydrogen) atoms. The average Bonchev–Trinajstić information content (AvgIpc) is 2.68. The lowest BCUT2D eigenvalue weighted by Crippen LogP contribution is -2.25. The molecule has 0 saturated heterocycles. The molecule has 0 aliphatic carbocycles. The lowest BCUT2D eigenvalue weighted by Gasteiger charge is -2.10. The van der Waals surface area contributed by atoms with Crippen molar-refractivity contribution in [3.8, 4) is 11.5 Å². The zero-order chi connectivity index (χ0) is 19.5. The highest BCUT2D eigenvalue weighted by molar-refractivity contribution is 5.90. The minimum Gasteiger partial charge on any atom is -0.493 e. The molecule has 1 heterocycles. The van der Waals surface area contributed by atoms with Crippen molar-refractivity contribution in [2.45, 2.75) is 25.7 Å². The Morgan fingerprint density at radius 3 is 2.52 bits per heavy atom. The first-order valence-corrected chi connectivity index (χ1v) is 8.80. The number of anilines is 1. The van der Waals surface area contributed by atoms with Gasteiger partial charge in [0.05, 0.1) is 26.1 Å². The van der Waals surface area contributed by atoms with Crippen LogP contribution in [0, 0.1) is 0 Å². The molecule has 1 aromatic heterocycles. The molecule has 2 rings (SSSR count). The smallest absolute Gasteiger partial charge is 0.224 e. The van der Waals surface area contributed by atoms with Crippen LogP contribution >= 0.6 is 0 Å². The van der Waals surface area contributed by atoms with E-state index in [2.05, 4.69) is 15.6 Å². The number of nitrogens with one attached hydrogen (secondary N) is 2. The molecule has 0 aliphatic rings. The monoisotopic (exact) mass is 371 g/mol. The van der Waals surface area contributed by atoms with Crippen molar-refractivity contribution in [1.82, 2.24) is 10.3 Å². The van der Waals surface area contributed by atoms with Crippen molar-refractivity contribution in [2.24, 2.45) is 0 Å². The summed E-state index contributed by atoms with van der Waals surface area (Å²) in [5, 5.41) is 5.61. The number of carbonyl (C=O) groups excluding carboxylic acids is 2. The van der Waals surface area contributed by atoms with Crippen LogP contribution in [0.2, 0.25) is 0 Å². The van der Waals surface area contributed by atoms with Crippen LogP contribution in [0.15, 0.2) is 42.7 Å². The van der Waals surface area contributed by atoms with Gasteiger partial charge in [-0.25, -0.2) is 0 Å². The summed E-state index contributed by atoms with van der Waals surface area (Å²) >= 11 is 0. The summed E-state index contributed by atoms with van der Waals surface area (Å²) in [5.41, 5.74) is 1.70. The molecule has 2 N–H and O–H groups in total. The molecule has 0 fully saturated rings. The highest BCUT2D eigenvalue weighted by atomic mass is 16.5. The molecule has 2 amide bonds. The number of methoxy groups -OCH3 is 2. The van der Waals surface area contributed by atoms with E-state index in [9.17, 15) is 9.59 Å². The Bertz CT molecular complexity index is 750. The molecule has 0 saturated carbocycles. The maximum absolute atomic E-state index is 11.9. The Hall–Kier alpha value is -3.09. The van der Waals surface area contributed by atoms with E-state index >= 15 is 0 Å². The zero-order valence-electron chi connectivity index (χ0n) is 15.7. The van der Waals surface area contributed by atoms with E-state index in [4.69, 9.17) is 9.47 Å². The summed E-state index contributed by atoms with van der Waals surface area (Å²) in [6.45, 7) is 0.524. The van der Waals surface area contributed by atoms with Crippen LogP contribution < -0.4 is 20.1 Å². The molecule has 1 aromatic carbocycles. The molecule has 2 aromatic rings. The highest BCUT2D eigenvalue weighted by Crippen LogP contribution is 2.27. The Kier molecular flexibility index (Phi) is 8.09. The summed E-state index contributed by atoms with van der Waals surface area (Å²) in [4.78, 5) is 27.6. The van der Waals surface area contributed by atoms with Crippen molar-refractivity contribution in [2.75, 3.05) is 26.1 Å². The number of aromatic nitrogens is 1. The summed E-state index contributed by atoms with van der Waals surface area (Å²) in [5.74, 6) is 1.15. The van der Waals surface area contributed by atoms with E-state index < -0.39 is 0 Å². The molecule has 7 heteroatoms. The maximum Gasteiger partial charge on any atom is 0.224 e. The molecule has 0 spiro atoms. The van der Waals surface area contributed by atoms with Gasteiger partial charge in [-0.1, -0.05) is 6.07 Å². The summed E-state index contributed by atoms with van der Waals surface area (Å²) < 4.78 is 10.5. The van der Waals surface area contributed by atoms with Gasteiger partial charge in [0.25, 0.3) is 0 Å². The molecule has 0 unspecified atom stereocenters. The number of rotatable bonds is 10. The SMILES string of the molecule is COc1ccc(CCNC(=O)CCCC(=O)Nc2cccnc2)cc1OC. The fourth-order valence-corrected chi connectivity index (χ4v) is 2.54.